The number of halogens is 2. The zero-order chi connectivity index (χ0) is 43.7. The van der Waals surface area contributed by atoms with Crippen LogP contribution >= 0.6 is 0 Å². The Hall–Kier alpha value is -5.46. The van der Waals surface area contributed by atoms with Crippen LogP contribution in [0.5, 0.6) is 0 Å². The van der Waals surface area contributed by atoms with Crippen molar-refractivity contribution in [3.63, 3.8) is 0 Å². The van der Waals surface area contributed by atoms with Gasteiger partial charge in [-0.05, 0) is 74.6 Å². The molecular weight excluding hydrogens is 788 g/mol. The predicted octanol–water partition coefficient (Wildman–Crippen LogP) is 0.232. The molecule has 1 saturated carbocycles. The molecule has 3 aliphatic heterocycles. The number of cyclic esters (lactones) is 1. The third-order valence-electron chi connectivity index (χ3n) is 11.5. The number of nitrogens with one attached hydrogen (secondary N) is 3. The zero-order valence-corrected chi connectivity index (χ0v) is 34.2. The number of allylic oxidation sites excluding steroid dienone is 1. The minimum absolute atomic E-state index is 0.0244. The van der Waals surface area contributed by atoms with Gasteiger partial charge in [0, 0.05) is 32.6 Å². The molecule has 0 spiro atoms. The number of likely N-dealkylation sites (N-methyl/N-ethyl adjacent to an activating group) is 1. The van der Waals surface area contributed by atoms with Gasteiger partial charge in [-0.2, -0.15) is 0 Å². The molecule has 0 radical (unpaired) electrons. The van der Waals surface area contributed by atoms with Crippen molar-refractivity contribution in [3.05, 3.63) is 47.5 Å². The Bertz CT molecular complexity index is 1820. The first-order chi connectivity index (χ1) is 28.6. The van der Waals surface area contributed by atoms with Gasteiger partial charge in [0.15, 0.2) is 0 Å². The van der Waals surface area contributed by atoms with E-state index in [4.69, 9.17) is 15.2 Å². The van der Waals surface area contributed by atoms with E-state index in [1.807, 2.05) is 6.92 Å². The van der Waals surface area contributed by atoms with E-state index < -0.39 is 121 Å². The van der Waals surface area contributed by atoms with E-state index in [-0.39, 0.29) is 43.3 Å². The van der Waals surface area contributed by atoms with Gasteiger partial charge in [0.05, 0.1) is 6.54 Å². The zero-order valence-electron chi connectivity index (χ0n) is 34.2. The number of rotatable bonds is 10. The number of hydrogen-bond acceptors (Lipinski definition) is 11. The Morgan fingerprint density at radius 3 is 2.33 bits per heavy atom. The monoisotopic (exact) mass is 843 g/mol. The molecule has 5 N–H and O–H groups in total. The van der Waals surface area contributed by atoms with Crippen molar-refractivity contribution in [1.29, 1.82) is 0 Å². The first kappa shape index (κ1) is 45.6. The quantitative estimate of drug-likeness (QED) is 0.184. The summed E-state index contributed by atoms with van der Waals surface area (Å²) in [4.78, 5) is 113. The molecule has 0 aromatic heterocycles. The third-order valence-corrected chi connectivity index (χ3v) is 11.5. The molecule has 7 atom stereocenters. The number of hydrogen-bond donors (Lipinski definition) is 4. The second-order valence-corrected chi connectivity index (χ2v) is 16.1. The van der Waals surface area contributed by atoms with Crippen LogP contribution in [0.1, 0.15) is 70.8 Å². The highest BCUT2D eigenvalue weighted by Gasteiger charge is 2.45. The van der Waals surface area contributed by atoms with E-state index in [0.29, 0.717) is 12.5 Å². The van der Waals surface area contributed by atoms with Crippen LogP contribution in [0.3, 0.4) is 0 Å². The third kappa shape index (κ3) is 11.6. The molecule has 0 unspecified atom stereocenters. The average Bonchev–Trinajstić information content (AvgIpc) is 3.87. The fourth-order valence-corrected chi connectivity index (χ4v) is 8.26. The molecule has 4 fully saturated rings. The molecule has 1 aliphatic carbocycles. The maximum absolute atomic E-state index is 14.5. The number of nitrogens with zero attached hydrogens (tertiary/aromatic N) is 3. The molecule has 6 amide bonds. The molecule has 3 saturated heterocycles. The number of carbonyl (C=O) groups excluding carboxylic acids is 8. The van der Waals surface area contributed by atoms with Gasteiger partial charge in [-0.25, -0.2) is 13.6 Å². The van der Waals surface area contributed by atoms with Crippen LogP contribution < -0.4 is 21.7 Å². The summed E-state index contributed by atoms with van der Waals surface area (Å²) in [6.07, 6.45) is 8.23. The number of carbonyl (C=O) groups is 8. The first-order valence-corrected chi connectivity index (χ1v) is 20.5. The van der Waals surface area contributed by atoms with Crippen molar-refractivity contribution >= 4 is 47.4 Å². The summed E-state index contributed by atoms with van der Waals surface area (Å²) < 4.78 is 39.4. The van der Waals surface area contributed by atoms with Crippen LogP contribution in [-0.2, 0) is 54.3 Å². The highest BCUT2D eigenvalue weighted by molar-refractivity contribution is 5.98. The van der Waals surface area contributed by atoms with Gasteiger partial charge in [0.2, 0.25) is 35.4 Å². The van der Waals surface area contributed by atoms with Gasteiger partial charge in [0.25, 0.3) is 0 Å². The van der Waals surface area contributed by atoms with E-state index in [2.05, 4.69) is 16.0 Å². The maximum atomic E-state index is 14.5. The van der Waals surface area contributed by atoms with Gasteiger partial charge in [-0.3, -0.25) is 33.6 Å². The van der Waals surface area contributed by atoms with E-state index in [9.17, 15) is 47.1 Å². The van der Waals surface area contributed by atoms with Crippen LogP contribution in [0.2, 0.25) is 0 Å². The molecule has 1 aromatic rings. The number of fused-ring (bicyclic) bond motifs is 2. The number of esters is 2. The van der Waals surface area contributed by atoms with E-state index in [0.717, 1.165) is 49.1 Å². The molecule has 60 heavy (non-hydrogen) atoms. The summed E-state index contributed by atoms with van der Waals surface area (Å²) in [5.74, 6) is -8.26. The molecule has 5 rings (SSSR count). The van der Waals surface area contributed by atoms with E-state index in [1.54, 1.807) is 6.08 Å². The molecule has 17 nitrogen and oxygen atoms in total. The molecular formula is C41H55F2N7O10. The lowest BCUT2D eigenvalue weighted by Gasteiger charge is -2.35. The van der Waals surface area contributed by atoms with Gasteiger partial charge >= 0.3 is 11.9 Å². The normalized spacial score (nSPS) is 26.6. The van der Waals surface area contributed by atoms with Gasteiger partial charge in [-0.15, -0.1) is 0 Å². The number of ether oxygens (including phenoxy) is 2. The van der Waals surface area contributed by atoms with Gasteiger partial charge in [0.1, 0.15) is 61.1 Å². The molecule has 328 valence electrons. The SMILES string of the molecule is C[C@@H]1C[C@H]2C(=O)OC[C@H](NC(=O)[C@H](Cc3cc(F)cc(F)c3)NC(=O)/C=C/C3CCCCC3)C(=O)N3CCC[C@H]3C(=O)N(C)[C@@H](COC(=O)CN)C(=O)N[C@@H](C)C(=O)N2C1. The average molecular weight is 844 g/mol. The van der Waals surface area contributed by atoms with Crippen LogP contribution in [0.4, 0.5) is 8.78 Å². The number of amides is 6. The Labute approximate surface area is 347 Å². The number of benzene rings is 1. The lowest BCUT2D eigenvalue weighted by molar-refractivity contribution is -0.158. The summed E-state index contributed by atoms with van der Waals surface area (Å²) in [7, 11) is 1.28. The minimum Gasteiger partial charge on any atom is -0.462 e. The molecule has 1 aromatic carbocycles. The first-order valence-electron chi connectivity index (χ1n) is 20.5. The second kappa shape index (κ2) is 20.7. The van der Waals surface area contributed by atoms with Crippen LogP contribution in [0.15, 0.2) is 30.4 Å². The summed E-state index contributed by atoms with van der Waals surface area (Å²) >= 11 is 0. The number of nitrogens with two attached hydrogens (primary N) is 1. The fourth-order valence-electron chi connectivity index (χ4n) is 8.26. The highest BCUT2D eigenvalue weighted by Crippen LogP contribution is 2.27. The van der Waals surface area contributed by atoms with Crippen molar-refractivity contribution in [2.45, 2.75) is 108 Å². The lowest BCUT2D eigenvalue weighted by atomic mass is 9.89. The van der Waals surface area contributed by atoms with Crippen LogP contribution in [0.25, 0.3) is 0 Å². The molecule has 19 heteroatoms. The Balaban J connectivity index is 1.47. The maximum Gasteiger partial charge on any atom is 0.328 e. The van der Waals surface area contributed by atoms with Gasteiger partial charge in [-0.1, -0.05) is 32.3 Å². The van der Waals surface area contributed by atoms with E-state index >= 15 is 0 Å². The minimum atomic E-state index is -1.65. The molecule has 4 aliphatic rings. The van der Waals surface area contributed by atoms with Crippen molar-refractivity contribution in [1.82, 2.24) is 30.7 Å². The van der Waals surface area contributed by atoms with Crippen LogP contribution in [-0.4, -0.2) is 138 Å². The largest absolute Gasteiger partial charge is 0.462 e. The van der Waals surface area contributed by atoms with E-state index in [1.165, 1.54) is 29.8 Å². The van der Waals surface area contributed by atoms with Crippen molar-refractivity contribution in [3.8, 4) is 0 Å². The van der Waals surface area contributed by atoms with Crippen LogP contribution in [0, 0.1) is 23.5 Å². The summed E-state index contributed by atoms with van der Waals surface area (Å²) in [5.41, 5.74) is 5.42. The Morgan fingerprint density at radius 1 is 0.950 bits per heavy atom. The topological polar surface area (TPSA) is 227 Å². The van der Waals surface area contributed by atoms with Gasteiger partial charge < -0.3 is 45.9 Å². The molecule has 3 heterocycles. The fraction of sp³-hybridized carbons (Fsp3) is 0.610. The van der Waals surface area contributed by atoms with Crippen molar-refractivity contribution in [2.24, 2.45) is 17.6 Å². The Morgan fingerprint density at radius 2 is 1.65 bits per heavy atom. The lowest BCUT2D eigenvalue weighted by Crippen LogP contribution is -2.61. The smallest absolute Gasteiger partial charge is 0.328 e. The highest BCUT2D eigenvalue weighted by atomic mass is 19.1. The standard InChI is InChI=1S/C41H55F2N7O10/c1-23-14-32-41(58)60-21-30(47-36(53)29(17-26-15-27(42)18-28(43)16-26)46-34(51)12-11-25-8-5-4-6-9-25)39(56)49-13-7-10-31(49)40(57)48(3)33(22-59-35(52)19-44)37(54)45-24(2)38(55)50(32)20-23/h11-12,15-16,18,23-25,29-33H,4-10,13-14,17,19-22,44H2,1-3H3,(H,45,54)(H,46,51)(H,47,53)/b12-11+/t23-,24+,29+,30+,31+,32+,33+/m1/s1. The summed E-state index contributed by atoms with van der Waals surface area (Å²) in [6.45, 7) is 1.48. The Kier molecular flexibility index (Phi) is 15.7. The summed E-state index contributed by atoms with van der Waals surface area (Å²) in [6, 6.07) is -5.45. The van der Waals surface area contributed by atoms with Crippen molar-refractivity contribution in [2.75, 3.05) is 39.9 Å². The molecule has 0 bridgehead atoms. The second-order valence-electron chi connectivity index (χ2n) is 16.1. The predicted molar refractivity (Wildman–Crippen MR) is 209 cm³/mol. The van der Waals surface area contributed by atoms with Crippen molar-refractivity contribution < 1.29 is 56.6 Å². The summed E-state index contributed by atoms with van der Waals surface area (Å²) in [5, 5.41) is 7.71.